The second kappa shape index (κ2) is 49.6. The molecule has 20 heavy (non-hydrogen) atoms. The Morgan fingerprint density at radius 3 is 0.750 bits per heavy atom. The maximum atomic E-state index is 9.00. The van der Waals surface area contributed by atoms with E-state index < -0.39 is 17.9 Å². The van der Waals surface area contributed by atoms with Gasteiger partial charge in [-0.1, -0.05) is 0 Å². The minimum Gasteiger partial charge on any atom is -1.00 e. The van der Waals surface area contributed by atoms with Crippen molar-refractivity contribution < 1.29 is 154 Å². The molecule has 0 aliphatic carbocycles. The molecule has 12 heteroatoms. The number of rotatable bonds is 1. The summed E-state index contributed by atoms with van der Waals surface area (Å²) in [6.07, 6.45) is 0. The van der Waals surface area contributed by atoms with E-state index in [1.54, 1.807) is 0 Å². The van der Waals surface area contributed by atoms with Crippen LogP contribution in [0.25, 0.3) is 0 Å². The van der Waals surface area contributed by atoms with E-state index in [-0.39, 0.29) is 124 Å². The fraction of sp³-hybridized carbons (Fsp3) is 0.625. The van der Waals surface area contributed by atoms with Crippen LogP contribution in [0.5, 0.6) is 0 Å². The molecule has 0 heterocycles. The van der Waals surface area contributed by atoms with Gasteiger partial charge in [0.15, 0.2) is 0 Å². The van der Waals surface area contributed by atoms with Crippen LogP contribution in [0.1, 0.15) is 26.5 Å². The third-order valence-corrected chi connectivity index (χ3v) is 0.167. The van der Waals surface area contributed by atoms with Gasteiger partial charge in [0.1, 0.15) is 0 Å². The summed E-state index contributed by atoms with van der Waals surface area (Å²) < 4.78 is 0. The Bertz CT molecular complexity index is 171. The maximum Gasteiger partial charge on any atom is 1.00 e. The molecule has 8 nitrogen and oxygen atoms in total. The van der Waals surface area contributed by atoms with E-state index in [0.29, 0.717) is 13.1 Å². The number of aliphatic carboxylic acids is 3. The molecule has 0 saturated heterocycles. The van der Waals surface area contributed by atoms with E-state index in [2.05, 4.69) is 0 Å². The number of carboxylic acids is 3. The molecular weight excluding hydrogens is 312 g/mol. The molecule has 0 spiro atoms. The molecule has 0 aliphatic heterocycles. The second-order valence-corrected chi connectivity index (χ2v) is 2.13. The first-order valence-electron chi connectivity index (χ1n) is 4.10. The Hall–Kier alpha value is 2.33. The van der Waals surface area contributed by atoms with Crippen molar-refractivity contribution in [3.63, 3.8) is 0 Å². The van der Waals surface area contributed by atoms with Gasteiger partial charge in [0.05, 0.1) is 0 Å². The van der Waals surface area contributed by atoms with Crippen LogP contribution in [0.4, 0.5) is 0 Å². The number of nitrogens with two attached hydrogens (primary N) is 2. The summed E-state index contributed by atoms with van der Waals surface area (Å²) in [5, 5.41) is 22.2. The number of carboxylic acid groups (broad SMARTS) is 3. The Morgan fingerprint density at radius 1 is 0.700 bits per heavy atom. The van der Waals surface area contributed by atoms with Gasteiger partial charge in [0, 0.05) is 33.9 Å². The van der Waals surface area contributed by atoms with Crippen molar-refractivity contribution in [3.8, 4) is 0 Å². The second-order valence-electron chi connectivity index (χ2n) is 2.13. The van der Waals surface area contributed by atoms with Crippen LogP contribution in [0.3, 0.4) is 0 Å². The molecule has 0 aromatic carbocycles. The van der Waals surface area contributed by atoms with Crippen molar-refractivity contribution in [1.82, 2.24) is 0 Å². The first-order valence-corrected chi connectivity index (χ1v) is 4.10. The minimum absolute atomic E-state index is 0. The van der Waals surface area contributed by atoms with Crippen molar-refractivity contribution >= 4 is 17.9 Å². The van der Waals surface area contributed by atoms with Gasteiger partial charge in [0.2, 0.25) is 0 Å². The van der Waals surface area contributed by atoms with Gasteiger partial charge >= 0.3 is 118 Å². The molecule has 106 valence electrons. The molecule has 0 aromatic heterocycles. The molecule has 7 N–H and O–H groups in total. The zero-order valence-electron chi connectivity index (χ0n) is 17.6. The SMILES string of the molecule is CC(=O)O.CC(=O)O.CC(=O)O.NCCN.[H-].[H-].[H-].[H-].[Na+].[Na+].[Na+].[Na+]. The van der Waals surface area contributed by atoms with Gasteiger partial charge in [-0.25, -0.2) is 0 Å². The summed E-state index contributed by atoms with van der Waals surface area (Å²) in [5.74, 6) is -2.50. The molecule has 0 rings (SSSR count). The molecule has 0 aromatic rings. The third kappa shape index (κ3) is 685. The fourth-order valence-corrected chi connectivity index (χ4v) is 0. The quantitative estimate of drug-likeness (QED) is 0.295. The van der Waals surface area contributed by atoms with E-state index in [0.717, 1.165) is 20.8 Å². The average molecular weight is 336 g/mol. The van der Waals surface area contributed by atoms with E-state index in [1.165, 1.54) is 0 Å². The van der Waals surface area contributed by atoms with Crippen molar-refractivity contribution in [2.75, 3.05) is 13.1 Å². The van der Waals surface area contributed by atoms with Crippen LogP contribution >= 0.6 is 0 Å². The minimum atomic E-state index is -0.833. The predicted molar refractivity (Wildman–Crippen MR) is 62.5 cm³/mol. The maximum absolute atomic E-state index is 9.00. The molecular formula is C8H24N2Na4O6. The van der Waals surface area contributed by atoms with E-state index in [4.69, 9.17) is 41.2 Å². The largest absolute Gasteiger partial charge is 1.00 e. The van der Waals surface area contributed by atoms with E-state index in [9.17, 15) is 0 Å². The topological polar surface area (TPSA) is 164 Å². The van der Waals surface area contributed by atoms with Gasteiger partial charge in [-0.3, -0.25) is 14.4 Å². The molecule has 0 aliphatic rings. The number of carbonyl (C=O) groups is 3. The summed E-state index contributed by atoms with van der Waals surface area (Å²) in [7, 11) is 0. The van der Waals surface area contributed by atoms with E-state index in [1.807, 2.05) is 0 Å². The Balaban J connectivity index is -0.00000000720. The normalized spacial score (nSPS) is 5.25. The van der Waals surface area contributed by atoms with Crippen LogP contribution in [-0.2, 0) is 14.4 Å². The third-order valence-electron chi connectivity index (χ3n) is 0.167. The molecule has 0 unspecified atom stereocenters. The van der Waals surface area contributed by atoms with Crippen LogP contribution in [0.2, 0.25) is 0 Å². The van der Waals surface area contributed by atoms with Crippen LogP contribution < -0.4 is 130 Å². The van der Waals surface area contributed by atoms with Crippen molar-refractivity contribution in [3.05, 3.63) is 0 Å². The van der Waals surface area contributed by atoms with E-state index >= 15 is 0 Å². The van der Waals surface area contributed by atoms with Gasteiger partial charge in [0.25, 0.3) is 17.9 Å². The van der Waals surface area contributed by atoms with Crippen molar-refractivity contribution in [1.29, 1.82) is 0 Å². The standard InChI is InChI=1S/C2H8N2.3C2H4O2.4Na.4H/c3-1-2-4;3*1-2(3)4;;;;;;;;/h1-4H2;3*1H3,(H,3,4);;;;;;;;/q;;;;4*+1;4*-1. The molecule has 0 atom stereocenters. The monoisotopic (exact) mass is 336 g/mol. The van der Waals surface area contributed by atoms with Crippen molar-refractivity contribution in [2.45, 2.75) is 20.8 Å². The van der Waals surface area contributed by atoms with Gasteiger partial charge in [-0.15, -0.1) is 0 Å². The van der Waals surface area contributed by atoms with Crippen LogP contribution in [-0.4, -0.2) is 46.3 Å². The number of hydrogen-bond donors (Lipinski definition) is 5. The van der Waals surface area contributed by atoms with Crippen LogP contribution in [0.15, 0.2) is 0 Å². The summed E-state index contributed by atoms with van der Waals surface area (Å²) in [5.41, 5.74) is 9.81. The van der Waals surface area contributed by atoms with Gasteiger partial charge in [-0.2, -0.15) is 0 Å². The summed E-state index contributed by atoms with van der Waals surface area (Å²) in [6.45, 7) is 4.44. The van der Waals surface area contributed by atoms with Crippen molar-refractivity contribution in [2.24, 2.45) is 11.5 Å². The zero-order valence-corrected chi connectivity index (χ0v) is 21.6. The first kappa shape index (κ1) is 49.5. The predicted octanol–water partition coefficient (Wildman–Crippen LogP) is -12.4. The summed E-state index contributed by atoms with van der Waals surface area (Å²) in [6, 6.07) is 0. The number of hydrogen-bond acceptors (Lipinski definition) is 5. The Labute approximate surface area is 213 Å². The average Bonchev–Trinajstić information content (AvgIpc) is 2.00. The Kier molecular flexibility index (Phi) is 123. The fourth-order valence-electron chi connectivity index (χ4n) is 0. The van der Waals surface area contributed by atoms with Crippen LogP contribution in [0, 0.1) is 0 Å². The van der Waals surface area contributed by atoms with Gasteiger partial charge < -0.3 is 32.5 Å². The Morgan fingerprint density at radius 2 is 0.750 bits per heavy atom. The summed E-state index contributed by atoms with van der Waals surface area (Å²) >= 11 is 0. The molecule has 0 amide bonds. The first-order chi connectivity index (χ1) is 7.11. The molecule has 0 radical (unpaired) electrons. The van der Waals surface area contributed by atoms with Gasteiger partial charge in [-0.05, 0) is 0 Å². The summed E-state index contributed by atoms with van der Waals surface area (Å²) in [4.78, 5) is 27.0. The smallest absolute Gasteiger partial charge is 1.00 e. The molecule has 0 bridgehead atoms. The molecule has 0 fully saturated rings. The molecule has 0 saturated carbocycles. The zero-order chi connectivity index (χ0) is 14.1.